The molecule has 1 aliphatic heterocycles. The van der Waals surface area contributed by atoms with E-state index in [1.54, 1.807) is 0 Å². The summed E-state index contributed by atoms with van der Waals surface area (Å²) in [6, 6.07) is 10.7. The summed E-state index contributed by atoms with van der Waals surface area (Å²) in [5.41, 5.74) is 1.89. The standard InChI is InChI=1S/C14H19NO/c16-10-13-8-14(13)6-7-15(11-14)9-12-4-2-1-3-5-12/h1-5,13,16H,6-11H2/t13-,14-/m0/s1. The van der Waals surface area contributed by atoms with Crippen LogP contribution in [0.15, 0.2) is 30.3 Å². The van der Waals surface area contributed by atoms with Crippen LogP contribution in [0, 0.1) is 11.3 Å². The highest BCUT2D eigenvalue weighted by molar-refractivity contribution is 5.16. The van der Waals surface area contributed by atoms with Gasteiger partial charge in [-0.3, -0.25) is 4.90 Å². The summed E-state index contributed by atoms with van der Waals surface area (Å²) in [4.78, 5) is 2.53. The summed E-state index contributed by atoms with van der Waals surface area (Å²) in [7, 11) is 0. The van der Waals surface area contributed by atoms with E-state index >= 15 is 0 Å². The molecule has 1 saturated carbocycles. The van der Waals surface area contributed by atoms with Gasteiger partial charge < -0.3 is 5.11 Å². The van der Waals surface area contributed by atoms with Gasteiger partial charge in [-0.15, -0.1) is 0 Å². The van der Waals surface area contributed by atoms with Crippen molar-refractivity contribution in [1.82, 2.24) is 4.90 Å². The first kappa shape index (κ1) is 10.3. The Morgan fingerprint density at radius 2 is 2.12 bits per heavy atom. The maximum atomic E-state index is 9.19. The van der Waals surface area contributed by atoms with Crippen LogP contribution in [0.4, 0.5) is 0 Å². The highest BCUT2D eigenvalue weighted by atomic mass is 16.3. The van der Waals surface area contributed by atoms with E-state index in [1.165, 1.54) is 31.5 Å². The zero-order chi connectivity index (χ0) is 11.0. The average Bonchev–Trinajstić information content (AvgIpc) is 2.85. The molecule has 2 atom stereocenters. The second-order valence-corrected chi connectivity index (χ2v) is 5.39. The summed E-state index contributed by atoms with van der Waals surface area (Å²) in [5, 5.41) is 9.19. The minimum absolute atomic E-state index is 0.388. The van der Waals surface area contributed by atoms with Crippen LogP contribution >= 0.6 is 0 Å². The lowest BCUT2D eigenvalue weighted by Crippen LogP contribution is -2.21. The van der Waals surface area contributed by atoms with E-state index in [4.69, 9.17) is 0 Å². The van der Waals surface area contributed by atoms with Crippen molar-refractivity contribution in [3.63, 3.8) is 0 Å². The quantitative estimate of drug-likeness (QED) is 0.835. The number of aliphatic hydroxyl groups excluding tert-OH is 1. The van der Waals surface area contributed by atoms with Gasteiger partial charge >= 0.3 is 0 Å². The minimum Gasteiger partial charge on any atom is -0.396 e. The molecular weight excluding hydrogens is 198 g/mol. The van der Waals surface area contributed by atoms with Crippen LogP contribution in [0.2, 0.25) is 0 Å². The molecule has 86 valence electrons. The topological polar surface area (TPSA) is 23.5 Å². The first-order valence-electron chi connectivity index (χ1n) is 6.19. The molecule has 2 aliphatic rings. The maximum absolute atomic E-state index is 9.19. The predicted octanol–water partition coefficient (Wildman–Crippen LogP) is 1.89. The van der Waals surface area contributed by atoms with Gasteiger partial charge in [0.15, 0.2) is 0 Å². The fraction of sp³-hybridized carbons (Fsp3) is 0.571. The minimum atomic E-state index is 0.388. The SMILES string of the molecule is OC[C@@H]1C[C@]12CCN(Cc1ccccc1)C2. The van der Waals surface area contributed by atoms with Crippen LogP contribution in [-0.2, 0) is 6.54 Å². The lowest BCUT2D eigenvalue weighted by Gasteiger charge is -2.16. The summed E-state index contributed by atoms with van der Waals surface area (Å²) in [5.74, 6) is 0.591. The van der Waals surface area contributed by atoms with Crippen LogP contribution < -0.4 is 0 Å². The number of rotatable bonds is 3. The summed E-state index contributed by atoms with van der Waals surface area (Å²) in [6.07, 6.45) is 2.53. The number of hydrogen-bond acceptors (Lipinski definition) is 2. The number of nitrogens with zero attached hydrogens (tertiary/aromatic N) is 1. The molecule has 1 aromatic rings. The van der Waals surface area contributed by atoms with E-state index in [0.717, 1.165) is 6.54 Å². The number of hydrogen-bond donors (Lipinski definition) is 1. The molecule has 0 unspecified atom stereocenters. The molecule has 1 aromatic carbocycles. The first-order chi connectivity index (χ1) is 7.82. The number of benzene rings is 1. The van der Waals surface area contributed by atoms with E-state index in [1.807, 2.05) is 0 Å². The molecule has 16 heavy (non-hydrogen) atoms. The lowest BCUT2D eigenvalue weighted by atomic mass is 10.0. The first-order valence-corrected chi connectivity index (χ1v) is 6.19. The van der Waals surface area contributed by atoms with Crippen LogP contribution in [-0.4, -0.2) is 29.7 Å². The van der Waals surface area contributed by atoms with Crippen molar-refractivity contribution in [2.24, 2.45) is 11.3 Å². The Kier molecular flexibility index (Phi) is 2.49. The van der Waals surface area contributed by atoms with E-state index in [9.17, 15) is 5.11 Å². The van der Waals surface area contributed by atoms with Gasteiger partial charge in [0, 0.05) is 19.7 Å². The Morgan fingerprint density at radius 3 is 2.81 bits per heavy atom. The zero-order valence-corrected chi connectivity index (χ0v) is 9.60. The van der Waals surface area contributed by atoms with Crippen LogP contribution in [0.3, 0.4) is 0 Å². The van der Waals surface area contributed by atoms with Gasteiger partial charge in [-0.25, -0.2) is 0 Å². The fourth-order valence-corrected chi connectivity index (χ4v) is 3.15. The zero-order valence-electron chi connectivity index (χ0n) is 9.60. The fourth-order valence-electron chi connectivity index (χ4n) is 3.15. The van der Waals surface area contributed by atoms with Crippen LogP contribution in [0.1, 0.15) is 18.4 Å². The van der Waals surface area contributed by atoms with Crippen LogP contribution in [0.5, 0.6) is 0 Å². The average molecular weight is 217 g/mol. The van der Waals surface area contributed by atoms with Gasteiger partial charge in [0.1, 0.15) is 0 Å². The van der Waals surface area contributed by atoms with Crippen molar-refractivity contribution in [3.05, 3.63) is 35.9 Å². The molecule has 0 radical (unpaired) electrons. The highest BCUT2D eigenvalue weighted by Crippen LogP contribution is 2.58. The van der Waals surface area contributed by atoms with Crippen molar-refractivity contribution in [3.8, 4) is 0 Å². The predicted molar refractivity (Wildman–Crippen MR) is 64.0 cm³/mol. The third-order valence-corrected chi connectivity index (χ3v) is 4.29. The number of aliphatic hydroxyl groups is 1. The van der Waals surface area contributed by atoms with Gasteiger partial charge in [-0.1, -0.05) is 30.3 Å². The molecule has 1 N–H and O–H groups in total. The van der Waals surface area contributed by atoms with Crippen molar-refractivity contribution in [2.45, 2.75) is 19.4 Å². The van der Waals surface area contributed by atoms with E-state index in [0.29, 0.717) is 17.9 Å². The van der Waals surface area contributed by atoms with Gasteiger partial charge in [-0.2, -0.15) is 0 Å². The normalized spacial score (nSPS) is 33.4. The summed E-state index contributed by atoms with van der Waals surface area (Å²) in [6.45, 7) is 3.85. The molecule has 3 rings (SSSR count). The smallest absolute Gasteiger partial charge is 0.0465 e. The molecule has 1 saturated heterocycles. The largest absolute Gasteiger partial charge is 0.396 e. The maximum Gasteiger partial charge on any atom is 0.0465 e. The molecule has 0 bridgehead atoms. The van der Waals surface area contributed by atoms with E-state index in [-0.39, 0.29) is 0 Å². The van der Waals surface area contributed by atoms with E-state index < -0.39 is 0 Å². The third kappa shape index (κ3) is 1.76. The Labute approximate surface area is 96.9 Å². The Morgan fingerprint density at radius 1 is 1.31 bits per heavy atom. The van der Waals surface area contributed by atoms with Crippen molar-refractivity contribution >= 4 is 0 Å². The highest BCUT2D eigenvalue weighted by Gasteiger charge is 2.56. The molecule has 1 aliphatic carbocycles. The molecular formula is C14H19NO. The molecule has 2 nitrogen and oxygen atoms in total. The monoisotopic (exact) mass is 217 g/mol. The lowest BCUT2D eigenvalue weighted by molar-refractivity contribution is 0.242. The molecule has 1 spiro atoms. The number of likely N-dealkylation sites (tertiary alicyclic amines) is 1. The molecule has 2 heteroatoms. The summed E-state index contributed by atoms with van der Waals surface area (Å²) >= 11 is 0. The van der Waals surface area contributed by atoms with E-state index in [2.05, 4.69) is 35.2 Å². The molecule has 0 amide bonds. The Balaban J connectivity index is 1.59. The molecule has 2 fully saturated rings. The van der Waals surface area contributed by atoms with Gasteiger partial charge in [0.2, 0.25) is 0 Å². The second kappa shape index (κ2) is 3.86. The van der Waals surface area contributed by atoms with Gasteiger partial charge in [-0.05, 0) is 36.3 Å². The van der Waals surface area contributed by atoms with Gasteiger partial charge in [0.25, 0.3) is 0 Å². The second-order valence-electron chi connectivity index (χ2n) is 5.39. The molecule has 1 heterocycles. The van der Waals surface area contributed by atoms with Crippen molar-refractivity contribution in [2.75, 3.05) is 19.7 Å². The van der Waals surface area contributed by atoms with Crippen molar-refractivity contribution < 1.29 is 5.11 Å². The summed E-state index contributed by atoms with van der Waals surface area (Å²) < 4.78 is 0. The Bertz CT molecular complexity index is 364. The Hall–Kier alpha value is -0.860. The molecule has 0 aromatic heterocycles. The van der Waals surface area contributed by atoms with Crippen molar-refractivity contribution in [1.29, 1.82) is 0 Å². The van der Waals surface area contributed by atoms with Crippen LogP contribution in [0.25, 0.3) is 0 Å². The third-order valence-electron chi connectivity index (χ3n) is 4.29. The van der Waals surface area contributed by atoms with Gasteiger partial charge in [0.05, 0.1) is 0 Å².